The van der Waals surface area contributed by atoms with E-state index in [9.17, 15) is 4.79 Å². The van der Waals surface area contributed by atoms with Crippen LogP contribution in [-0.4, -0.2) is 12.6 Å². The summed E-state index contributed by atoms with van der Waals surface area (Å²) in [5.74, 6) is -0.149. The molecule has 0 aromatic heterocycles. The number of hydrogen-bond donors (Lipinski definition) is 0. The molecule has 0 aliphatic rings. The Kier molecular flexibility index (Phi) is 13.0. The molecule has 0 aliphatic heterocycles. The maximum atomic E-state index is 11.2. The van der Waals surface area contributed by atoms with Crippen LogP contribution in [0.1, 0.15) is 71.9 Å². The maximum Gasteiger partial charge on any atom is 0.306 e. The third kappa shape index (κ3) is 20.0. The van der Waals surface area contributed by atoms with Gasteiger partial charge in [0.1, 0.15) is 0 Å². The zero-order valence-corrected chi connectivity index (χ0v) is 15.9. The highest BCUT2D eigenvalue weighted by atomic mass is 16.5. The fourth-order valence-corrected chi connectivity index (χ4v) is 1.94. The molecule has 26 heavy (non-hydrogen) atoms. The molecule has 0 saturated carbocycles. The van der Waals surface area contributed by atoms with Crippen molar-refractivity contribution in [3.05, 3.63) is 72.9 Å². The monoisotopic (exact) mass is 361 g/mol. The van der Waals surface area contributed by atoms with E-state index < -0.39 is 13.2 Å². The summed E-state index contributed by atoms with van der Waals surface area (Å²) in [6.07, 6.45) is 25.9. The molecule has 2 nitrogen and oxygen atoms in total. The van der Waals surface area contributed by atoms with Gasteiger partial charge in [-0.25, -0.2) is 0 Å². The van der Waals surface area contributed by atoms with E-state index in [1.54, 1.807) is 6.08 Å². The van der Waals surface area contributed by atoms with Crippen LogP contribution >= 0.6 is 0 Å². The Morgan fingerprint density at radius 2 is 1.19 bits per heavy atom. The Morgan fingerprint density at radius 3 is 1.62 bits per heavy atom. The van der Waals surface area contributed by atoms with Crippen molar-refractivity contribution >= 4 is 5.97 Å². The molecule has 0 heterocycles. The van der Waals surface area contributed by atoms with Crippen molar-refractivity contribution in [1.82, 2.24) is 0 Å². The van der Waals surface area contributed by atoms with Crippen molar-refractivity contribution in [2.24, 2.45) is 0 Å². The Hall–Kier alpha value is -2.09. The second kappa shape index (κ2) is 21.0. The quantitative estimate of drug-likeness (QED) is 0.231. The molecule has 0 bridgehead atoms. The van der Waals surface area contributed by atoms with E-state index in [0.717, 1.165) is 31.8 Å². The van der Waals surface area contributed by atoms with Gasteiger partial charge in [0.05, 0.1) is 6.61 Å². The molecule has 0 atom stereocenters. The van der Waals surface area contributed by atoms with Crippen LogP contribution in [-0.2, 0) is 9.53 Å². The summed E-state index contributed by atoms with van der Waals surface area (Å²) in [7, 11) is 0. The predicted octanol–water partition coefficient (Wildman–Crippen LogP) is 7.03. The van der Waals surface area contributed by atoms with E-state index in [2.05, 4.69) is 42.5 Å². The zero-order valence-electron chi connectivity index (χ0n) is 20.9. The third-order valence-electron chi connectivity index (χ3n) is 3.22. The van der Waals surface area contributed by atoms with Gasteiger partial charge in [-0.3, -0.25) is 4.79 Å². The molecule has 0 saturated heterocycles. The van der Waals surface area contributed by atoms with Gasteiger partial charge >= 0.3 is 5.97 Å². The van der Waals surface area contributed by atoms with E-state index in [1.807, 2.05) is 25.2 Å². The minimum atomic E-state index is -2.64. The van der Waals surface area contributed by atoms with Gasteiger partial charge < -0.3 is 4.74 Å². The predicted molar refractivity (Wildman–Crippen MR) is 114 cm³/mol. The van der Waals surface area contributed by atoms with Crippen molar-refractivity contribution in [2.75, 3.05) is 6.61 Å². The van der Waals surface area contributed by atoms with Crippen LogP contribution in [0, 0.1) is 0 Å². The Labute approximate surface area is 167 Å². The molecule has 0 aliphatic carbocycles. The highest BCUT2D eigenvalue weighted by Crippen LogP contribution is 1.98. The topological polar surface area (TPSA) is 26.3 Å². The Morgan fingerprint density at radius 1 is 0.769 bits per heavy atom. The lowest BCUT2D eigenvalue weighted by Gasteiger charge is -1.97. The van der Waals surface area contributed by atoms with Gasteiger partial charge in [0.25, 0.3) is 0 Å². The number of allylic oxidation sites excluding steroid dienone is 12. The number of ether oxygens (including phenoxy) is 1. The standard InChI is InChI=1S/C24H36O2/c1-3-5-6-7-8-9-10-11-12-13-14-15-16-17-18-19-20-21-22-23-24(25)26-4-2/h5-6,8-9,11-12,14-15,17-18,20-21H,3-4,7,10,13,16,19,22-23H2,1-2H3/b6-5-,9-8-,12-11-,15-14-,18-17-,21-20-/i1D3,3D2. The SMILES string of the molecule is [2H]C([2H])([2H])C([2H])([2H])/C=C\C/C=C\C/C=C\C/C=C\C/C=C\C/C=C\CCC(=O)OCC. The van der Waals surface area contributed by atoms with Crippen molar-refractivity contribution in [1.29, 1.82) is 0 Å². The highest BCUT2D eigenvalue weighted by molar-refractivity contribution is 5.69. The van der Waals surface area contributed by atoms with Crippen LogP contribution in [0.5, 0.6) is 0 Å². The average molecular weight is 362 g/mol. The number of rotatable bonds is 15. The second-order valence-corrected chi connectivity index (χ2v) is 5.43. The van der Waals surface area contributed by atoms with Gasteiger partial charge in [-0.05, 0) is 51.8 Å². The Bertz CT molecular complexity index is 653. The molecule has 0 unspecified atom stereocenters. The zero-order chi connectivity index (χ0) is 23.4. The first kappa shape index (κ1) is 16.1. The molecule has 0 amide bonds. The number of hydrogen-bond acceptors (Lipinski definition) is 2. The van der Waals surface area contributed by atoms with Crippen LogP contribution in [0.15, 0.2) is 72.9 Å². The molecule has 2 heteroatoms. The van der Waals surface area contributed by atoms with Gasteiger partial charge in [0, 0.05) is 13.3 Å². The highest BCUT2D eigenvalue weighted by Gasteiger charge is 1.97. The lowest BCUT2D eigenvalue weighted by atomic mass is 10.2. The fourth-order valence-electron chi connectivity index (χ4n) is 1.94. The van der Waals surface area contributed by atoms with Gasteiger partial charge in [0.15, 0.2) is 0 Å². The molecule has 0 aromatic rings. The lowest BCUT2D eigenvalue weighted by Crippen LogP contribution is -2.02. The molecule has 144 valence electrons. The summed E-state index contributed by atoms with van der Waals surface area (Å²) in [6, 6.07) is 0. The van der Waals surface area contributed by atoms with E-state index in [1.165, 1.54) is 0 Å². The van der Waals surface area contributed by atoms with E-state index in [4.69, 9.17) is 11.6 Å². The van der Waals surface area contributed by atoms with Crippen LogP contribution in [0.4, 0.5) is 0 Å². The minimum Gasteiger partial charge on any atom is -0.466 e. The normalized spacial score (nSPS) is 16.7. The lowest BCUT2D eigenvalue weighted by molar-refractivity contribution is -0.142. The summed E-state index contributed by atoms with van der Waals surface area (Å²) in [6.45, 7) is -0.395. The summed E-state index contributed by atoms with van der Waals surface area (Å²) < 4.78 is 41.1. The third-order valence-corrected chi connectivity index (χ3v) is 3.22. The summed E-state index contributed by atoms with van der Waals surface area (Å²) in [5.41, 5.74) is 0. The van der Waals surface area contributed by atoms with Gasteiger partial charge in [-0.15, -0.1) is 0 Å². The molecular formula is C24H36O2. The second-order valence-electron chi connectivity index (χ2n) is 5.43. The van der Waals surface area contributed by atoms with Gasteiger partial charge in [-0.2, -0.15) is 0 Å². The van der Waals surface area contributed by atoms with Gasteiger partial charge in [-0.1, -0.05) is 79.8 Å². The van der Waals surface area contributed by atoms with E-state index in [-0.39, 0.29) is 5.97 Å². The first-order valence-corrected chi connectivity index (χ1v) is 9.29. The smallest absolute Gasteiger partial charge is 0.306 e. The average Bonchev–Trinajstić information content (AvgIpc) is 2.69. The number of carbonyl (C=O) groups excluding carboxylic acids is 1. The maximum absolute atomic E-state index is 11.2. The molecular weight excluding hydrogens is 320 g/mol. The van der Waals surface area contributed by atoms with Crippen LogP contribution in [0.25, 0.3) is 0 Å². The molecule has 0 N–H and O–H groups in total. The van der Waals surface area contributed by atoms with E-state index >= 15 is 0 Å². The molecule has 0 spiro atoms. The van der Waals surface area contributed by atoms with Crippen LogP contribution < -0.4 is 0 Å². The molecule has 0 aromatic carbocycles. The molecule has 0 fully saturated rings. The number of esters is 1. The van der Waals surface area contributed by atoms with E-state index in [0.29, 0.717) is 25.9 Å². The minimum absolute atomic E-state index is 0.149. The molecule has 0 radical (unpaired) electrons. The first-order valence-electron chi connectivity index (χ1n) is 11.8. The summed E-state index contributed by atoms with van der Waals surface area (Å²) in [4.78, 5) is 11.2. The van der Waals surface area contributed by atoms with Crippen molar-refractivity contribution < 1.29 is 16.4 Å². The van der Waals surface area contributed by atoms with Crippen LogP contribution in [0.2, 0.25) is 0 Å². The fraction of sp³-hybridized carbons (Fsp3) is 0.458. The van der Waals surface area contributed by atoms with Crippen molar-refractivity contribution in [3.63, 3.8) is 0 Å². The van der Waals surface area contributed by atoms with Gasteiger partial charge in [0.2, 0.25) is 0 Å². The summed E-state index contributed by atoms with van der Waals surface area (Å²) >= 11 is 0. The van der Waals surface area contributed by atoms with Crippen LogP contribution in [0.3, 0.4) is 0 Å². The summed E-state index contributed by atoms with van der Waals surface area (Å²) in [5, 5.41) is 0. The Balaban J connectivity index is 3.76. The number of carbonyl (C=O) groups is 1. The van der Waals surface area contributed by atoms with Crippen molar-refractivity contribution in [3.8, 4) is 0 Å². The first-order chi connectivity index (χ1) is 14.7. The molecule has 0 rings (SSSR count). The van der Waals surface area contributed by atoms with Crippen molar-refractivity contribution in [2.45, 2.75) is 65.1 Å². The largest absolute Gasteiger partial charge is 0.466 e.